The van der Waals surface area contributed by atoms with E-state index in [9.17, 15) is 9.18 Å². The van der Waals surface area contributed by atoms with Gasteiger partial charge in [-0.15, -0.1) is 11.8 Å². The van der Waals surface area contributed by atoms with E-state index in [4.69, 9.17) is 11.6 Å². The summed E-state index contributed by atoms with van der Waals surface area (Å²) in [5.41, 5.74) is 3.87. The zero-order chi connectivity index (χ0) is 24.8. The Labute approximate surface area is 217 Å². The molecule has 0 spiro atoms. The molecule has 5 nitrogen and oxygen atoms in total. The Balaban J connectivity index is 1.45. The molecule has 2 N–H and O–H groups in total. The summed E-state index contributed by atoms with van der Waals surface area (Å²) < 4.78 is 17.5. The molecule has 0 bridgehead atoms. The second-order valence-corrected chi connectivity index (χ2v) is 9.67. The largest absolute Gasteiger partial charge is 0.322 e. The lowest BCUT2D eigenvalue weighted by Gasteiger charge is -2.10. The number of rotatable bonds is 8. The Hall–Kier alpha value is -3.07. The van der Waals surface area contributed by atoms with Crippen LogP contribution in [-0.4, -0.2) is 22.1 Å². The van der Waals surface area contributed by atoms with E-state index in [0.717, 1.165) is 11.3 Å². The number of hydrogen-bond donors (Lipinski definition) is 2. The average molecular weight is 525 g/mol. The van der Waals surface area contributed by atoms with Crippen molar-refractivity contribution in [1.82, 2.24) is 9.97 Å². The van der Waals surface area contributed by atoms with Crippen molar-refractivity contribution < 1.29 is 9.18 Å². The van der Waals surface area contributed by atoms with Crippen molar-refractivity contribution in [3.63, 3.8) is 0 Å². The summed E-state index contributed by atoms with van der Waals surface area (Å²) in [5.74, 6) is 0.0358. The molecule has 0 unspecified atom stereocenters. The molecule has 0 radical (unpaired) electrons. The molecular weight excluding hydrogens is 503 g/mol. The highest BCUT2D eigenvalue weighted by Gasteiger charge is 2.15. The lowest BCUT2D eigenvalue weighted by atomic mass is 10.1. The fraction of sp³-hybridized carbons (Fsp3) is 0.115. The second kappa shape index (κ2) is 11.6. The number of nitrogens with zero attached hydrogens (tertiary/aromatic N) is 2. The van der Waals surface area contributed by atoms with Crippen LogP contribution in [0.4, 0.5) is 15.9 Å². The van der Waals surface area contributed by atoms with Crippen LogP contribution in [0.15, 0.2) is 77.8 Å². The molecular formula is C26H22ClFN4OS2. The van der Waals surface area contributed by atoms with Crippen molar-refractivity contribution in [2.45, 2.75) is 17.6 Å². The highest BCUT2D eigenvalue weighted by Crippen LogP contribution is 2.27. The first kappa shape index (κ1) is 25.0. The van der Waals surface area contributed by atoms with Crippen LogP contribution in [0.25, 0.3) is 11.3 Å². The zero-order valence-corrected chi connectivity index (χ0v) is 21.4. The van der Waals surface area contributed by atoms with Gasteiger partial charge in [0.05, 0.1) is 17.5 Å². The number of aromatic nitrogens is 2. The maximum atomic E-state index is 14.5. The van der Waals surface area contributed by atoms with Crippen molar-refractivity contribution in [3.05, 3.63) is 101 Å². The number of aryl methyl sites for hydroxylation is 1. The van der Waals surface area contributed by atoms with Crippen LogP contribution in [-0.2, 0) is 5.75 Å². The molecule has 4 aromatic rings. The van der Waals surface area contributed by atoms with E-state index in [1.165, 1.54) is 40.7 Å². The predicted octanol–water partition coefficient (Wildman–Crippen LogP) is 7.48. The number of benzene rings is 3. The third-order valence-corrected chi connectivity index (χ3v) is 6.83. The van der Waals surface area contributed by atoms with E-state index in [0.29, 0.717) is 22.8 Å². The standard InChI is InChI=1S/C26H22ClFN4OS2/c1-16-3-10-20(11-4-16)35-15-17-5-8-19(9-6-17)30-26(33)21-13-18(7-12-22(21)28)23-14-29-24(27)25(31-23)32-34-2/h3-14H,15H2,1-2H3,(H,30,33)(H,31,32). The van der Waals surface area contributed by atoms with Gasteiger partial charge in [0.2, 0.25) is 0 Å². The quantitative estimate of drug-likeness (QED) is 0.184. The van der Waals surface area contributed by atoms with Crippen molar-refractivity contribution in [1.29, 1.82) is 0 Å². The van der Waals surface area contributed by atoms with Crippen LogP contribution < -0.4 is 10.0 Å². The van der Waals surface area contributed by atoms with Gasteiger partial charge in [-0.1, -0.05) is 53.4 Å². The van der Waals surface area contributed by atoms with E-state index in [1.54, 1.807) is 17.8 Å². The van der Waals surface area contributed by atoms with Gasteiger partial charge in [0.1, 0.15) is 5.82 Å². The number of carbonyl (C=O) groups excluding carboxylic acids is 1. The Morgan fingerprint density at radius 3 is 2.51 bits per heavy atom. The fourth-order valence-corrected chi connectivity index (χ4v) is 4.60. The molecule has 9 heteroatoms. The van der Waals surface area contributed by atoms with E-state index in [2.05, 4.69) is 51.2 Å². The third-order valence-electron chi connectivity index (χ3n) is 5.07. The maximum absolute atomic E-state index is 14.5. The molecule has 4 rings (SSSR count). The number of anilines is 2. The number of hydrogen-bond acceptors (Lipinski definition) is 6. The van der Waals surface area contributed by atoms with Gasteiger partial charge >= 0.3 is 0 Å². The lowest BCUT2D eigenvalue weighted by molar-refractivity contribution is 0.102. The minimum absolute atomic E-state index is 0.0855. The van der Waals surface area contributed by atoms with Crippen LogP contribution in [0.5, 0.6) is 0 Å². The van der Waals surface area contributed by atoms with Crippen molar-refractivity contribution in [3.8, 4) is 11.3 Å². The molecule has 1 heterocycles. The molecule has 35 heavy (non-hydrogen) atoms. The Bertz CT molecular complexity index is 1330. The van der Waals surface area contributed by atoms with Gasteiger partial charge in [0.25, 0.3) is 5.91 Å². The van der Waals surface area contributed by atoms with Crippen LogP contribution in [0.1, 0.15) is 21.5 Å². The van der Waals surface area contributed by atoms with Gasteiger partial charge in [-0.25, -0.2) is 14.4 Å². The van der Waals surface area contributed by atoms with E-state index in [1.807, 2.05) is 30.5 Å². The van der Waals surface area contributed by atoms with Crippen molar-refractivity contribution in [2.24, 2.45) is 0 Å². The molecule has 0 fully saturated rings. The SMILES string of the molecule is CSNc1nc(-c2ccc(F)c(C(=O)Nc3ccc(CSc4ccc(C)cc4)cc3)c2)cnc1Cl. The summed E-state index contributed by atoms with van der Waals surface area (Å²) >= 11 is 9.12. The molecule has 0 aliphatic rings. The molecule has 3 aromatic carbocycles. The van der Waals surface area contributed by atoms with Gasteiger partial charge in [0.15, 0.2) is 11.0 Å². The normalized spacial score (nSPS) is 10.7. The summed E-state index contributed by atoms with van der Waals surface area (Å²) in [7, 11) is 0. The average Bonchev–Trinajstić information content (AvgIpc) is 2.86. The van der Waals surface area contributed by atoms with Crippen LogP contribution in [0.2, 0.25) is 5.15 Å². The zero-order valence-electron chi connectivity index (χ0n) is 19.0. The van der Waals surface area contributed by atoms with Crippen molar-refractivity contribution >= 4 is 52.7 Å². The summed E-state index contributed by atoms with van der Waals surface area (Å²) in [5, 5.41) is 2.99. The van der Waals surface area contributed by atoms with Gasteiger partial charge < -0.3 is 10.0 Å². The number of carbonyl (C=O) groups is 1. The van der Waals surface area contributed by atoms with Crippen LogP contribution in [0, 0.1) is 12.7 Å². The third kappa shape index (κ3) is 6.54. The maximum Gasteiger partial charge on any atom is 0.258 e. The predicted molar refractivity (Wildman–Crippen MR) is 145 cm³/mol. The molecule has 0 saturated heterocycles. The molecule has 1 aromatic heterocycles. The highest BCUT2D eigenvalue weighted by atomic mass is 35.5. The fourth-order valence-electron chi connectivity index (χ4n) is 3.22. The molecule has 0 saturated carbocycles. The summed E-state index contributed by atoms with van der Waals surface area (Å²) in [6.45, 7) is 2.06. The van der Waals surface area contributed by atoms with Crippen LogP contribution >= 0.6 is 35.3 Å². The first-order valence-electron chi connectivity index (χ1n) is 10.6. The second-order valence-electron chi connectivity index (χ2n) is 7.65. The van der Waals surface area contributed by atoms with E-state index >= 15 is 0 Å². The Morgan fingerprint density at radius 1 is 1.06 bits per heavy atom. The number of thioether (sulfide) groups is 1. The Kier molecular flexibility index (Phi) is 8.28. The smallest absolute Gasteiger partial charge is 0.258 e. The summed E-state index contributed by atoms with van der Waals surface area (Å²) in [4.78, 5) is 22.6. The summed E-state index contributed by atoms with van der Waals surface area (Å²) in [6, 6.07) is 20.2. The minimum atomic E-state index is -0.623. The van der Waals surface area contributed by atoms with E-state index < -0.39 is 11.7 Å². The molecule has 0 aliphatic carbocycles. The van der Waals surface area contributed by atoms with Gasteiger partial charge in [0, 0.05) is 28.2 Å². The first-order chi connectivity index (χ1) is 16.9. The molecule has 1 amide bonds. The van der Waals surface area contributed by atoms with Gasteiger partial charge in [-0.3, -0.25) is 4.79 Å². The monoisotopic (exact) mass is 524 g/mol. The van der Waals surface area contributed by atoms with Gasteiger partial charge in [-0.2, -0.15) is 0 Å². The number of nitrogens with one attached hydrogen (secondary N) is 2. The van der Waals surface area contributed by atoms with Crippen molar-refractivity contribution in [2.75, 3.05) is 16.3 Å². The van der Waals surface area contributed by atoms with E-state index in [-0.39, 0.29) is 10.7 Å². The first-order valence-corrected chi connectivity index (χ1v) is 13.2. The van der Waals surface area contributed by atoms with Gasteiger partial charge in [-0.05, 0) is 55.0 Å². The topological polar surface area (TPSA) is 66.9 Å². The van der Waals surface area contributed by atoms with Crippen LogP contribution in [0.3, 0.4) is 0 Å². The highest BCUT2D eigenvalue weighted by molar-refractivity contribution is 7.99. The number of halogens is 2. The molecule has 0 atom stereocenters. The lowest BCUT2D eigenvalue weighted by Crippen LogP contribution is -2.14. The summed E-state index contributed by atoms with van der Waals surface area (Å²) in [6.07, 6.45) is 3.32. The number of amides is 1. The Morgan fingerprint density at radius 2 is 1.80 bits per heavy atom. The molecule has 0 aliphatic heterocycles. The molecule has 178 valence electrons. The minimum Gasteiger partial charge on any atom is -0.322 e.